The van der Waals surface area contributed by atoms with Crippen LogP contribution in [0.4, 0.5) is 0 Å². The summed E-state index contributed by atoms with van der Waals surface area (Å²) < 4.78 is 27.9. The van der Waals surface area contributed by atoms with Gasteiger partial charge in [0.1, 0.15) is 0 Å². The van der Waals surface area contributed by atoms with E-state index in [4.69, 9.17) is 13.8 Å². The molecule has 1 N–H and O–H groups in total. The molecule has 1 aliphatic rings. The Bertz CT molecular complexity index is 618. The monoisotopic (exact) mass is 312 g/mol. The molecule has 114 valence electrons. The van der Waals surface area contributed by atoms with E-state index in [1.165, 1.54) is 26.4 Å². The van der Waals surface area contributed by atoms with Crippen molar-refractivity contribution in [3.63, 3.8) is 0 Å². The highest BCUT2D eigenvalue weighted by Gasteiger charge is 2.58. The Morgan fingerprint density at radius 3 is 2.38 bits per heavy atom. The largest absolute Gasteiger partial charge is 0.451 e. The molecule has 0 spiro atoms. The van der Waals surface area contributed by atoms with E-state index in [2.05, 4.69) is 0 Å². The number of hydrogen-bond acceptors (Lipinski definition) is 6. The minimum Gasteiger partial charge on any atom is -0.451 e. The first-order chi connectivity index (χ1) is 9.89. The van der Waals surface area contributed by atoms with Crippen molar-refractivity contribution in [1.82, 2.24) is 0 Å². The van der Waals surface area contributed by atoms with Gasteiger partial charge >= 0.3 is 13.6 Å². The number of aryl methyl sites for hydroxylation is 1. The number of esters is 1. The maximum atomic E-state index is 12.9. The Labute approximate surface area is 122 Å². The zero-order valence-corrected chi connectivity index (χ0v) is 12.9. The molecule has 1 aliphatic heterocycles. The molecule has 1 heterocycles. The fourth-order valence-electron chi connectivity index (χ4n) is 2.38. The number of ether oxygens (including phenoxy) is 1. The van der Waals surface area contributed by atoms with E-state index in [1.807, 2.05) is 0 Å². The highest BCUT2D eigenvalue weighted by atomic mass is 31.2. The maximum absolute atomic E-state index is 12.9. The third-order valence-electron chi connectivity index (χ3n) is 3.49. The molecule has 7 heteroatoms. The first-order valence-electron chi connectivity index (χ1n) is 6.28. The Morgan fingerprint density at radius 2 is 1.90 bits per heavy atom. The second-order valence-electron chi connectivity index (χ2n) is 4.62. The summed E-state index contributed by atoms with van der Waals surface area (Å²) >= 11 is 0. The van der Waals surface area contributed by atoms with E-state index in [1.54, 1.807) is 31.2 Å². The molecule has 21 heavy (non-hydrogen) atoms. The molecular formula is C14H17O6P. The first kappa shape index (κ1) is 15.9. The van der Waals surface area contributed by atoms with Crippen molar-refractivity contribution in [3.05, 3.63) is 47.5 Å². The fourth-order valence-corrected chi connectivity index (χ4v) is 4.08. The van der Waals surface area contributed by atoms with Crippen LogP contribution >= 0.6 is 7.60 Å². The summed E-state index contributed by atoms with van der Waals surface area (Å²) in [5, 5.41) is 9.04. The van der Waals surface area contributed by atoms with Gasteiger partial charge in [-0.3, -0.25) is 4.57 Å². The summed E-state index contributed by atoms with van der Waals surface area (Å²) in [6.45, 7) is 1.75. The summed E-state index contributed by atoms with van der Waals surface area (Å²) in [4.78, 5) is 11.3. The van der Waals surface area contributed by atoms with Crippen LogP contribution in [0, 0.1) is 6.92 Å². The van der Waals surface area contributed by atoms with E-state index < -0.39 is 25.0 Å². The fraction of sp³-hybridized carbons (Fsp3) is 0.357. The standard InChI is InChI=1S/C14H17O6P/c1-10-6-4-5-7-11(10)14(16,21(17,18-2)19-3)12-8-9-13(15)20-12/h4-9,12,16H,1-3H3/t12-,14-/m1/s1. The van der Waals surface area contributed by atoms with Crippen LogP contribution in [0.15, 0.2) is 36.4 Å². The van der Waals surface area contributed by atoms with Crippen LogP contribution in [0.1, 0.15) is 11.1 Å². The van der Waals surface area contributed by atoms with Gasteiger partial charge in [-0.1, -0.05) is 24.3 Å². The number of benzene rings is 1. The lowest BCUT2D eigenvalue weighted by Crippen LogP contribution is -2.40. The second kappa shape index (κ2) is 5.73. The molecule has 0 saturated heterocycles. The summed E-state index contributed by atoms with van der Waals surface area (Å²) in [5.41, 5.74) is 0.993. The molecule has 0 aliphatic carbocycles. The minimum absolute atomic E-state index is 0.321. The number of aliphatic hydroxyl groups is 1. The van der Waals surface area contributed by atoms with E-state index in [-0.39, 0.29) is 0 Å². The van der Waals surface area contributed by atoms with Gasteiger partial charge in [-0.05, 0) is 18.6 Å². The second-order valence-corrected chi connectivity index (χ2v) is 7.03. The van der Waals surface area contributed by atoms with Crippen LogP contribution in [0.3, 0.4) is 0 Å². The molecular weight excluding hydrogens is 295 g/mol. The topological polar surface area (TPSA) is 82.1 Å². The van der Waals surface area contributed by atoms with Crippen LogP contribution in [0.2, 0.25) is 0 Å². The number of hydrogen-bond donors (Lipinski definition) is 1. The van der Waals surface area contributed by atoms with Gasteiger partial charge in [0.25, 0.3) is 0 Å². The van der Waals surface area contributed by atoms with Crippen LogP contribution in [-0.2, 0) is 28.5 Å². The molecule has 0 saturated carbocycles. The highest BCUT2D eigenvalue weighted by molar-refractivity contribution is 7.55. The molecule has 0 bridgehead atoms. The van der Waals surface area contributed by atoms with Crippen molar-refractivity contribution >= 4 is 13.6 Å². The van der Waals surface area contributed by atoms with Crippen molar-refractivity contribution in [2.24, 2.45) is 0 Å². The van der Waals surface area contributed by atoms with Crippen LogP contribution in [0.5, 0.6) is 0 Å². The third kappa shape index (κ3) is 2.45. The Morgan fingerprint density at radius 1 is 1.29 bits per heavy atom. The summed E-state index contributed by atoms with van der Waals surface area (Å²) in [5.74, 6) is -0.620. The zero-order valence-electron chi connectivity index (χ0n) is 12.0. The SMILES string of the molecule is COP(=O)(OC)[C@](O)(c1ccccc1C)[C@H]1C=CC(=O)O1. The maximum Gasteiger partial charge on any atom is 0.370 e. The molecule has 0 radical (unpaired) electrons. The van der Waals surface area contributed by atoms with Crippen molar-refractivity contribution < 1.29 is 28.3 Å². The molecule has 2 atom stereocenters. The normalized spacial score (nSPS) is 21.1. The van der Waals surface area contributed by atoms with Crippen molar-refractivity contribution in [1.29, 1.82) is 0 Å². The van der Waals surface area contributed by atoms with Crippen LogP contribution in [0.25, 0.3) is 0 Å². The Kier molecular flexibility index (Phi) is 4.35. The molecule has 0 amide bonds. The van der Waals surface area contributed by atoms with Gasteiger partial charge in [-0.2, -0.15) is 0 Å². The van der Waals surface area contributed by atoms with E-state index in [0.717, 1.165) is 0 Å². The number of rotatable bonds is 5. The molecule has 2 rings (SSSR count). The van der Waals surface area contributed by atoms with Gasteiger partial charge in [0.2, 0.25) is 5.34 Å². The molecule has 6 nitrogen and oxygen atoms in total. The Balaban J connectivity index is 2.65. The zero-order chi connectivity index (χ0) is 15.7. The van der Waals surface area contributed by atoms with Crippen molar-refractivity contribution in [3.8, 4) is 0 Å². The first-order valence-corrected chi connectivity index (χ1v) is 7.82. The average Bonchev–Trinajstić information content (AvgIpc) is 2.93. The van der Waals surface area contributed by atoms with Gasteiger partial charge in [0, 0.05) is 25.9 Å². The number of carbonyl (C=O) groups is 1. The summed E-state index contributed by atoms with van der Waals surface area (Å²) in [6, 6.07) is 6.81. The Hall–Kier alpha value is -1.46. The summed E-state index contributed by atoms with van der Waals surface area (Å²) in [6.07, 6.45) is 1.36. The predicted molar refractivity (Wildman–Crippen MR) is 75.7 cm³/mol. The van der Waals surface area contributed by atoms with E-state index in [9.17, 15) is 14.5 Å². The van der Waals surface area contributed by atoms with Gasteiger partial charge < -0.3 is 18.9 Å². The minimum atomic E-state index is -4.00. The smallest absolute Gasteiger partial charge is 0.370 e. The number of cyclic esters (lactones) is 1. The van der Waals surface area contributed by atoms with Gasteiger partial charge in [-0.15, -0.1) is 0 Å². The summed E-state index contributed by atoms with van der Waals surface area (Å²) in [7, 11) is -1.65. The molecule has 1 aromatic carbocycles. The average molecular weight is 312 g/mol. The number of carbonyl (C=O) groups excluding carboxylic acids is 1. The van der Waals surface area contributed by atoms with Crippen molar-refractivity contribution in [2.45, 2.75) is 18.4 Å². The van der Waals surface area contributed by atoms with Gasteiger partial charge in [-0.25, -0.2) is 4.79 Å². The lowest BCUT2D eigenvalue weighted by molar-refractivity contribution is -0.146. The quantitative estimate of drug-likeness (QED) is 0.662. The van der Waals surface area contributed by atoms with Crippen molar-refractivity contribution in [2.75, 3.05) is 14.2 Å². The molecule has 0 aromatic heterocycles. The van der Waals surface area contributed by atoms with Crippen LogP contribution in [-0.4, -0.2) is 31.4 Å². The highest BCUT2D eigenvalue weighted by Crippen LogP contribution is 2.65. The lowest BCUT2D eigenvalue weighted by Gasteiger charge is -2.37. The molecule has 1 aromatic rings. The van der Waals surface area contributed by atoms with Gasteiger partial charge in [0.15, 0.2) is 6.10 Å². The lowest BCUT2D eigenvalue weighted by atomic mass is 9.99. The van der Waals surface area contributed by atoms with Crippen LogP contribution < -0.4 is 0 Å². The predicted octanol–water partition coefficient (Wildman–Crippen LogP) is 2.11. The van der Waals surface area contributed by atoms with E-state index >= 15 is 0 Å². The van der Waals surface area contributed by atoms with E-state index in [0.29, 0.717) is 11.1 Å². The third-order valence-corrected chi connectivity index (χ3v) is 5.78. The molecule has 0 unspecified atom stereocenters. The molecule has 0 fully saturated rings. The van der Waals surface area contributed by atoms with Gasteiger partial charge in [0.05, 0.1) is 0 Å².